The Kier molecular flexibility index (Phi) is 4.33. The number of carbonyl (C=O) groups is 1. The number of Topliss-reactive ketones (excluding diaryl/α,β-unsaturated/α-hetero) is 1. The Morgan fingerprint density at radius 3 is 2.59 bits per heavy atom. The van der Waals surface area contributed by atoms with Gasteiger partial charge in [-0.1, -0.05) is 18.2 Å². The molecule has 4 aromatic rings. The Labute approximate surface area is 188 Å². The van der Waals surface area contributed by atoms with Crippen LogP contribution in [-0.2, 0) is 4.79 Å². The minimum atomic E-state index is -0.376. The summed E-state index contributed by atoms with van der Waals surface area (Å²) in [7, 11) is 0. The third-order valence-corrected chi connectivity index (χ3v) is 7.36. The number of rotatable bonds is 3. The highest BCUT2D eigenvalue weighted by atomic mass is 32.1. The Bertz CT molecular complexity index is 1410. The van der Waals surface area contributed by atoms with Crippen molar-refractivity contribution in [2.75, 3.05) is 5.32 Å². The molecule has 1 aliphatic heterocycles. The van der Waals surface area contributed by atoms with Gasteiger partial charge in [0, 0.05) is 33.4 Å². The Morgan fingerprint density at radius 2 is 1.88 bits per heavy atom. The maximum atomic E-state index is 13.6. The van der Waals surface area contributed by atoms with Crippen LogP contribution in [0, 0.1) is 6.92 Å². The molecule has 0 spiro atoms. The lowest BCUT2D eigenvalue weighted by atomic mass is 9.75. The molecular formula is C25H21N3O3S. The summed E-state index contributed by atoms with van der Waals surface area (Å²) in [6.07, 6.45) is 2.68. The monoisotopic (exact) mass is 443 g/mol. The molecule has 2 N–H and O–H groups in total. The smallest absolute Gasteiger partial charge is 0.277 e. The molecule has 0 amide bonds. The number of H-pyrrole nitrogens is 1. The summed E-state index contributed by atoms with van der Waals surface area (Å²) < 4.78 is 7.16. The molecule has 0 saturated carbocycles. The first-order chi connectivity index (χ1) is 15.6. The van der Waals surface area contributed by atoms with Gasteiger partial charge in [0.15, 0.2) is 5.78 Å². The molecule has 32 heavy (non-hydrogen) atoms. The van der Waals surface area contributed by atoms with Crippen molar-refractivity contribution in [2.24, 2.45) is 0 Å². The van der Waals surface area contributed by atoms with Crippen LogP contribution in [0.15, 0.2) is 81.3 Å². The van der Waals surface area contributed by atoms with Crippen LogP contribution in [-0.4, -0.2) is 15.6 Å². The van der Waals surface area contributed by atoms with Crippen LogP contribution < -0.4 is 10.9 Å². The first kappa shape index (κ1) is 19.1. The van der Waals surface area contributed by atoms with Gasteiger partial charge in [0.1, 0.15) is 11.6 Å². The summed E-state index contributed by atoms with van der Waals surface area (Å²) in [5.41, 5.74) is 2.79. The molecule has 1 aliphatic carbocycles. The zero-order valence-electron chi connectivity index (χ0n) is 17.4. The number of thiophene rings is 1. The molecule has 0 fully saturated rings. The molecule has 3 aromatic heterocycles. The second-order valence-corrected chi connectivity index (χ2v) is 9.64. The van der Waals surface area contributed by atoms with Crippen molar-refractivity contribution < 1.29 is 9.21 Å². The molecule has 2 atom stereocenters. The van der Waals surface area contributed by atoms with E-state index in [9.17, 15) is 9.59 Å². The van der Waals surface area contributed by atoms with Gasteiger partial charge in [-0.25, -0.2) is 4.68 Å². The molecule has 2 unspecified atom stereocenters. The van der Waals surface area contributed by atoms with Crippen molar-refractivity contribution in [3.05, 3.63) is 104 Å². The Hall–Kier alpha value is -3.58. The molecule has 6 rings (SSSR count). The molecular weight excluding hydrogens is 422 g/mol. The number of furan rings is 1. The van der Waals surface area contributed by atoms with Crippen LogP contribution in [0.5, 0.6) is 0 Å². The summed E-state index contributed by atoms with van der Waals surface area (Å²) >= 11 is 1.63. The number of hydrogen-bond acceptors (Lipinski definition) is 5. The fourth-order valence-electron chi connectivity index (χ4n) is 4.87. The van der Waals surface area contributed by atoms with Gasteiger partial charge in [-0.2, -0.15) is 0 Å². The van der Waals surface area contributed by atoms with Gasteiger partial charge in [0.05, 0.1) is 23.4 Å². The maximum absolute atomic E-state index is 13.6. The second-order valence-electron chi connectivity index (χ2n) is 8.32. The van der Waals surface area contributed by atoms with Crippen molar-refractivity contribution in [1.29, 1.82) is 0 Å². The predicted molar refractivity (Wildman–Crippen MR) is 124 cm³/mol. The van der Waals surface area contributed by atoms with Gasteiger partial charge < -0.3 is 9.73 Å². The minimum absolute atomic E-state index is 0.0149. The van der Waals surface area contributed by atoms with Crippen molar-refractivity contribution >= 4 is 22.9 Å². The number of anilines is 1. The number of para-hydroxylation sites is 1. The van der Waals surface area contributed by atoms with Crippen LogP contribution in [0.25, 0.3) is 5.69 Å². The molecule has 1 aromatic carbocycles. The number of aryl methyl sites for hydroxylation is 1. The summed E-state index contributed by atoms with van der Waals surface area (Å²) in [5, 5.41) is 6.66. The quantitative estimate of drug-likeness (QED) is 0.462. The second kappa shape index (κ2) is 7.24. The zero-order valence-corrected chi connectivity index (χ0v) is 18.2. The van der Waals surface area contributed by atoms with Crippen molar-refractivity contribution in [1.82, 2.24) is 9.78 Å². The van der Waals surface area contributed by atoms with E-state index in [1.807, 2.05) is 61.5 Å². The molecule has 0 radical (unpaired) electrons. The van der Waals surface area contributed by atoms with Gasteiger partial charge in [0.2, 0.25) is 0 Å². The average molecular weight is 444 g/mol. The molecule has 160 valence electrons. The topological polar surface area (TPSA) is 80.0 Å². The Balaban J connectivity index is 1.52. The molecule has 0 saturated heterocycles. The van der Waals surface area contributed by atoms with Crippen LogP contribution in [0.4, 0.5) is 5.82 Å². The van der Waals surface area contributed by atoms with E-state index in [0.29, 0.717) is 29.8 Å². The summed E-state index contributed by atoms with van der Waals surface area (Å²) in [6, 6.07) is 17.3. The lowest BCUT2D eigenvalue weighted by Gasteiger charge is -2.33. The number of hydrogen-bond donors (Lipinski definition) is 2. The third kappa shape index (κ3) is 2.92. The minimum Gasteiger partial charge on any atom is -0.469 e. The van der Waals surface area contributed by atoms with Crippen molar-refractivity contribution in [2.45, 2.75) is 31.6 Å². The van der Waals surface area contributed by atoms with E-state index >= 15 is 0 Å². The molecule has 6 nitrogen and oxygen atoms in total. The Morgan fingerprint density at radius 1 is 1.03 bits per heavy atom. The van der Waals surface area contributed by atoms with E-state index in [4.69, 9.17) is 4.42 Å². The fourth-order valence-corrected chi connectivity index (χ4v) is 5.87. The van der Waals surface area contributed by atoms with E-state index in [1.54, 1.807) is 22.3 Å². The molecule has 0 bridgehead atoms. The molecule has 2 aliphatic rings. The van der Waals surface area contributed by atoms with E-state index in [2.05, 4.69) is 10.4 Å². The molecule has 4 heterocycles. The standard InChI is InChI=1S/C25H21N3O3S/c1-14-9-10-20(32-14)22-21-17(12-15(13-18(21)29)19-8-5-11-31-19)26-24-23(22)25(30)28(27-24)16-6-3-2-4-7-16/h2-11,15,22,26-27H,12-13H2,1H3. The van der Waals surface area contributed by atoms with E-state index in [1.165, 1.54) is 0 Å². The van der Waals surface area contributed by atoms with E-state index < -0.39 is 0 Å². The van der Waals surface area contributed by atoms with Crippen LogP contribution in [0.2, 0.25) is 0 Å². The SMILES string of the molecule is Cc1ccc(C2C3=C(CC(c4ccco4)CC3=O)Nc3[nH]n(-c4ccccc4)c(=O)c32)s1. The number of ketones is 1. The van der Waals surface area contributed by atoms with E-state index in [0.717, 1.165) is 26.9 Å². The summed E-state index contributed by atoms with van der Waals surface area (Å²) in [5.74, 6) is 1.14. The largest absolute Gasteiger partial charge is 0.469 e. The van der Waals surface area contributed by atoms with Gasteiger partial charge in [-0.3, -0.25) is 14.7 Å². The number of carbonyl (C=O) groups excluding carboxylic acids is 1. The summed E-state index contributed by atoms with van der Waals surface area (Å²) in [4.78, 5) is 29.2. The number of aromatic nitrogens is 2. The number of benzene rings is 1. The number of nitrogens with one attached hydrogen (secondary N) is 2. The van der Waals surface area contributed by atoms with Gasteiger partial charge in [-0.05, 0) is 49.7 Å². The molecule has 7 heteroatoms. The van der Waals surface area contributed by atoms with Crippen LogP contribution in [0.1, 0.15) is 45.8 Å². The number of fused-ring (bicyclic) bond motifs is 1. The fraction of sp³-hybridized carbons (Fsp3) is 0.200. The number of aromatic amines is 1. The van der Waals surface area contributed by atoms with Crippen LogP contribution >= 0.6 is 11.3 Å². The number of allylic oxidation sites excluding steroid dienone is 2. The third-order valence-electron chi connectivity index (χ3n) is 6.29. The van der Waals surface area contributed by atoms with Gasteiger partial charge >= 0.3 is 0 Å². The number of nitrogens with zero attached hydrogens (tertiary/aromatic N) is 1. The maximum Gasteiger partial charge on any atom is 0.277 e. The highest BCUT2D eigenvalue weighted by molar-refractivity contribution is 7.12. The lowest BCUT2D eigenvalue weighted by Crippen LogP contribution is -2.31. The van der Waals surface area contributed by atoms with Crippen molar-refractivity contribution in [3.8, 4) is 5.69 Å². The van der Waals surface area contributed by atoms with E-state index in [-0.39, 0.29) is 23.2 Å². The average Bonchev–Trinajstić information content (AvgIpc) is 3.54. The lowest BCUT2D eigenvalue weighted by molar-refractivity contribution is -0.116. The predicted octanol–water partition coefficient (Wildman–Crippen LogP) is 5.09. The highest BCUT2D eigenvalue weighted by Crippen LogP contribution is 2.48. The first-order valence-corrected chi connectivity index (χ1v) is 11.4. The normalized spacial score (nSPS) is 20.1. The van der Waals surface area contributed by atoms with Gasteiger partial charge in [-0.15, -0.1) is 11.3 Å². The zero-order chi connectivity index (χ0) is 21.8. The highest BCUT2D eigenvalue weighted by Gasteiger charge is 2.42. The van der Waals surface area contributed by atoms with Gasteiger partial charge in [0.25, 0.3) is 5.56 Å². The van der Waals surface area contributed by atoms with Crippen LogP contribution in [0.3, 0.4) is 0 Å². The first-order valence-electron chi connectivity index (χ1n) is 10.6. The summed E-state index contributed by atoms with van der Waals surface area (Å²) in [6.45, 7) is 2.04. The van der Waals surface area contributed by atoms with Crippen molar-refractivity contribution in [3.63, 3.8) is 0 Å².